The lowest BCUT2D eigenvalue weighted by atomic mass is 9.76. The van der Waals surface area contributed by atoms with Gasteiger partial charge in [0, 0.05) is 31.9 Å². The van der Waals surface area contributed by atoms with Gasteiger partial charge in [-0.2, -0.15) is 4.39 Å². The molecule has 2 aromatic heterocycles. The second-order valence-corrected chi connectivity index (χ2v) is 21.2. The molecule has 1 aliphatic carbocycles. The van der Waals surface area contributed by atoms with Crippen molar-refractivity contribution in [3.05, 3.63) is 52.8 Å². The molecule has 0 radical (unpaired) electrons. The number of rotatable bonds is 9. The third kappa shape index (κ3) is 7.18. The number of aliphatic imine (C=N–C) groups is 1. The van der Waals surface area contributed by atoms with E-state index in [1.54, 1.807) is 34.6 Å². The van der Waals surface area contributed by atoms with Gasteiger partial charge >= 0.3 is 12.1 Å². The van der Waals surface area contributed by atoms with Crippen molar-refractivity contribution in [3.63, 3.8) is 0 Å². The Bertz CT molecular complexity index is 1530. The number of amidine groups is 1. The van der Waals surface area contributed by atoms with Crippen LogP contribution in [0, 0.1) is 11.4 Å². The maximum atomic E-state index is 15.7. The Morgan fingerprint density at radius 1 is 1.18 bits per heavy atom. The fraction of sp³-hybridized carbons (Fsp3) is 0.533. The number of carbonyl (C=O) groups is 3. The van der Waals surface area contributed by atoms with Gasteiger partial charge in [-0.25, -0.2) is 24.7 Å². The van der Waals surface area contributed by atoms with Crippen LogP contribution in [0.1, 0.15) is 57.1 Å². The predicted molar refractivity (Wildman–Crippen MR) is 174 cm³/mol. The summed E-state index contributed by atoms with van der Waals surface area (Å²) in [5.74, 6) is -2.59. The highest BCUT2D eigenvalue weighted by Crippen LogP contribution is 2.75. The summed E-state index contributed by atoms with van der Waals surface area (Å²) in [6, 6.07) is 5.17. The van der Waals surface area contributed by atoms with Gasteiger partial charge in [0.1, 0.15) is 22.8 Å². The fourth-order valence-electron chi connectivity index (χ4n) is 5.09. The Labute approximate surface area is 272 Å². The lowest BCUT2D eigenvalue weighted by Crippen LogP contribution is -2.49. The topological polar surface area (TPSA) is 143 Å². The number of aliphatic carboxylic acids is 1. The number of thioether (sulfide) groups is 1. The average Bonchev–Trinajstić information content (AvgIpc) is 3.56. The van der Waals surface area contributed by atoms with Crippen LogP contribution in [0.15, 0.2) is 35.6 Å². The standard InChI is InChI=1S/C30H39ClFN5O6SSi/c1-27(2,3)43-26(41)37(17-42-11-12-45(6,7)8)25-36-29(5,28(4)16-30(28,44-25)24(39)40)20-13-19(15-34-22(20)32)35-23(38)21-10-9-18(31)14-33-21/h9-10,13-15H,11-12,16-17H2,1-8H3,(H,35,38)(H,39,40)/t28?,29-,30-/m1/s1. The molecule has 2 aromatic rings. The number of halogens is 2. The summed E-state index contributed by atoms with van der Waals surface area (Å²) in [7, 11) is -1.45. The van der Waals surface area contributed by atoms with E-state index >= 15 is 4.39 Å². The first-order chi connectivity index (χ1) is 20.7. The van der Waals surface area contributed by atoms with Gasteiger partial charge in [0.05, 0.1) is 22.4 Å². The van der Waals surface area contributed by atoms with Crippen molar-refractivity contribution in [2.75, 3.05) is 18.7 Å². The maximum absolute atomic E-state index is 15.7. The van der Waals surface area contributed by atoms with Crippen LogP contribution < -0.4 is 5.32 Å². The number of anilines is 1. The number of carbonyl (C=O) groups excluding carboxylic acids is 2. The highest BCUT2D eigenvalue weighted by atomic mass is 35.5. The monoisotopic (exact) mass is 679 g/mol. The maximum Gasteiger partial charge on any atom is 0.418 e. The lowest BCUT2D eigenvalue weighted by molar-refractivity contribution is -0.138. The van der Waals surface area contributed by atoms with Gasteiger partial charge in [-0.1, -0.05) is 49.9 Å². The van der Waals surface area contributed by atoms with Crippen molar-refractivity contribution in [3.8, 4) is 0 Å². The Morgan fingerprint density at radius 3 is 2.44 bits per heavy atom. The van der Waals surface area contributed by atoms with Crippen LogP contribution in [0.3, 0.4) is 0 Å². The van der Waals surface area contributed by atoms with Crippen LogP contribution in [0.25, 0.3) is 0 Å². The van der Waals surface area contributed by atoms with Gasteiger partial charge in [-0.15, -0.1) is 0 Å². The number of amides is 2. The van der Waals surface area contributed by atoms with E-state index in [1.165, 1.54) is 29.3 Å². The van der Waals surface area contributed by atoms with Crippen LogP contribution in [0.2, 0.25) is 30.7 Å². The van der Waals surface area contributed by atoms with Crippen molar-refractivity contribution in [2.24, 2.45) is 10.4 Å². The van der Waals surface area contributed by atoms with E-state index < -0.39 is 53.3 Å². The molecule has 2 aliphatic rings. The normalized spacial score (nSPS) is 24.3. The van der Waals surface area contributed by atoms with E-state index in [2.05, 4.69) is 34.9 Å². The van der Waals surface area contributed by atoms with Crippen LogP contribution in [0.5, 0.6) is 0 Å². The smallest absolute Gasteiger partial charge is 0.418 e. The molecule has 15 heteroatoms. The fourth-order valence-corrected chi connectivity index (χ4v) is 7.61. The number of carboxylic acids is 1. The van der Waals surface area contributed by atoms with E-state index in [9.17, 15) is 19.5 Å². The van der Waals surface area contributed by atoms with E-state index in [4.69, 9.17) is 26.1 Å². The lowest BCUT2D eigenvalue weighted by Gasteiger charge is -2.41. The number of ether oxygens (including phenoxy) is 2. The molecule has 45 heavy (non-hydrogen) atoms. The Balaban J connectivity index is 1.76. The summed E-state index contributed by atoms with van der Waals surface area (Å²) in [5, 5.41) is 13.5. The molecule has 3 atom stereocenters. The minimum Gasteiger partial charge on any atom is -0.480 e. The van der Waals surface area contributed by atoms with E-state index in [-0.39, 0.29) is 35.3 Å². The van der Waals surface area contributed by atoms with Crippen LogP contribution >= 0.6 is 23.4 Å². The molecule has 0 aromatic carbocycles. The molecular formula is C30H39ClFN5O6SSi. The summed E-state index contributed by atoms with van der Waals surface area (Å²) in [6.07, 6.45) is 1.83. The zero-order chi connectivity index (χ0) is 33.6. The van der Waals surface area contributed by atoms with Crippen molar-refractivity contribution < 1.29 is 33.4 Å². The molecule has 1 saturated carbocycles. The number of carboxylic acid groups (broad SMARTS) is 1. The number of hydrogen-bond acceptors (Lipinski definition) is 9. The molecule has 11 nitrogen and oxygen atoms in total. The molecule has 244 valence electrons. The molecule has 2 N–H and O–H groups in total. The molecule has 0 spiro atoms. The quantitative estimate of drug-likeness (QED) is 0.129. The zero-order valence-corrected chi connectivity index (χ0v) is 29.2. The first-order valence-electron chi connectivity index (χ1n) is 14.4. The average molecular weight is 680 g/mol. The number of hydrogen-bond donors (Lipinski definition) is 2. The Morgan fingerprint density at radius 2 is 1.87 bits per heavy atom. The second kappa shape index (κ2) is 12.3. The number of aromatic nitrogens is 2. The molecule has 3 heterocycles. The molecule has 0 bridgehead atoms. The van der Waals surface area contributed by atoms with Crippen LogP contribution in [-0.4, -0.2) is 74.9 Å². The van der Waals surface area contributed by atoms with E-state index in [0.717, 1.165) is 24.0 Å². The van der Waals surface area contributed by atoms with Gasteiger partial charge in [0.15, 0.2) is 5.17 Å². The van der Waals surface area contributed by atoms with Crippen molar-refractivity contribution in [2.45, 2.75) is 82.6 Å². The van der Waals surface area contributed by atoms with Crippen molar-refractivity contribution in [1.82, 2.24) is 14.9 Å². The number of nitrogens with zero attached hydrogens (tertiary/aromatic N) is 4. The van der Waals surface area contributed by atoms with Gasteiger partial charge in [0.25, 0.3) is 5.91 Å². The minimum atomic E-state index is -1.53. The summed E-state index contributed by atoms with van der Waals surface area (Å²) in [6.45, 7) is 15.2. The SMILES string of the molecule is CC(C)(C)OC(=O)N(COCC[Si](C)(C)C)C1=N[C@](C)(c2cc(NC(=O)c3ccc(Cl)cn3)cnc2F)C2(C)C[C@]2(C(=O)O)S1. The Kier molecular flexibility index (Phi) is 9.49. The molecule has 0 saturated heterocycles. The molecule has 1 aliphatic heterocycles. The highest BCUT2D eigenvalue weighted by Gasteiger charge is 2.80. The largest absolute Gasteiger partial charge is 0.480 e. The second-order valence-electron chi connectivity index (χ2n) is 13.8. The summed E-state index contributed by atoms with van der Waals surface area (Å²) in [5.41, 5.74) is -3.30. The Hall–Kier alpha value is -3.07. The van der Waals surface area contributed by atoms with Crippen molar-refractivity contribution in [1.29, 1.82) is 0 Å². The zero-order valence-electron chi connectivity index (χ0n) is 26.7. The highest BCUT2D eigenvalue weighted by molar-refractivity contribution is 8.16. The minimum absolute atomic E-state index is 0.0244. The van der Waals surface area contributed by atoms with Crippen LogP contribution in [0.4, 0.5) is 14.9 Å². The molecule has 1 fully saturated rings. The third-order valence-corrected chi connectivity index (χ3v) is 11.6. The summed E-state index contributed by atoms with van der Waals surface area (Å²) in [4.78, 5) is 53.1. The van der Waals surface area contributed by atoms with Gasteiger partial charge in [0.2, 0.25) is 5.95 Å². The van der Waals surface area contributed by atoms with Gasteiger partial charge in [-0.05, 0) is 58.4 Å². The third-order valence-electron chi connectivity index (χ3n) is 8.02. The number of pyridine rings is 2. The first-order valence-corrected chi connectivity index (χ1v) is 19.3. The molecule has 4 rings (SSSR count). The molecular weight excluding hydrogens is 641 g/mol. The summed E-state index contributed by atoms with van der Waals surface area (Å²) >= 11 is 6.81. The summed E-state index contributed by atoms with van der Waals surface area (Å²) < 4.78 is 25.8. The van der Waals surface area contributed by atoms with Crippen LogP contribution in [-0.2, 0) is 19.8 Å². The molecule has 1 unspecified atom stereocenters. The van der Waals surface area contributed by atoms with Gasteiger partial charge < -0.3 is 19.9 Å². The first kappa shape index (κ1) is 34.8. The van der Waals surface area contributed by atoms with Gasteiger partial charge in [-0.3, -0.25) is 9.59 Å². The predicted octanol–water partition coefficient (Wildman–Crippen LogP) is 6.62. The van der Waals surface area contributed by atoms with E-state index in [0.29, 0.717) is 11.6 Å². The van der Waals surface area contributed by atoms with Crippen molar-refractivity contribution >= 4 is 60.3 Å². The number of fused-ring (bicyclic) bond motifs is 1. The molecule has 2 amide bonds. The number of nitrogens with one attached hydrogen (secondary N) is 1. The van der Waals surface area contributed by atoms with E-state index in [1.807, 2.05) is 0 Å².